The highest BCUT2D eigenvalue weighted by molar-refractivity contribution is 9.10. The highest BCUT2D eigenvalue weighted by Crippen LogP contribution is 2.41. The molecule has 4 heteroatoms. The number of hydrogen-bond acceptors (Lipinski definition) is 1. The van der Waals surface area contributed by atoms with Crippen LogP contribution in [0, 0.1) is 0 Å². The van der Waals surface area contributed by atoms with Crippen LogP contribution in [0.1, 0.15) is 29.4 Å². The Bertz CT molecular complexity index is 627. The second kappa shape index (κ2) is 6.70. The summed E-state index contributed by atoms with van der Waals surface area (Å²) >= 11 is 16.1. The summed E-state index contributed by atoms with van der Waals surface area (Å²) in [4.78, 5) is 0. The predicted molar refractivity (Wildman–Crippen MR) is 93.6 cm³/mol. The van der Waals surface area contributed by atoms with Crippen molar-refractivity contribution in [2.75, 3.05) is 13.1 Å². The van der Waals surface area contributed by atoms with Crippen LogP contribution >= 0.6 is 39.1 Å². The van der Waals surface area contributed by atoms with Gasteiger partial charge in [-0.3, -0.25) is 0 Å². The monoisotopic (exact) mass is 383 g/mol. The summed E-state index contributed by atoms with van der Waals surface area (Å²) in [5.41, 5.74) is 2.50. The van der Waals surface area contributed by atoms with Gasteiger partial charge in [-0.15, -0.1) is 0 Å². The lowest BCUT2D eigenvalue weighted by Gasteiger charge is -2.33. The van der Waals surface area contributed by atoms with Gasteiger partial charge in [-0.1, -0.05) is 51.3 Å². The van der Waals surface area contributed by atoms with Crippen molar-refractivity contribution in [3.63, 3.8) is 0 Å². The number of benzene rings is 2. The SMILES string of the molecule is Clc1ccc(Cl)c(C2CCNCC2c2ccc(Br)cc2)c1. The van der Waals surface area contributed by atoms with Crippen LogP contribution < -0.4 is 5.32 Å². The first-order chi connectivity index (χ1) is 10.1. The summed E-state index contributed by atoms with van der Waals surface area (Å²) in [6.45, 7) is 1.98. The fourth-order valence-corrected chi connectivity index (χ4v) is 3.79. The maximum Gasteiger partial charge on any atom is 0.0442 e. The van der Waals surface area contributed by atoms with Crippen LogP contribution in [0.5, 0.6) is 0 Å². The molecule has 1 aliphatic rings. The van der Waals surface area contributed by atoms with E-state index < -0.39 is 0 Å². The Kier molecular flexibility index (Phi) is 4.90. The maximum absolute atomic E-state index is 6.42. The number of nitrogens with one attached hydrogen (secondary N) is 1. The van der Waals surface area contributed by atoms with Crippen LogP contribution in [0.2, 0.25) is 10.0 Å². The Hall–Kier alpha value is -0.540. The van der Waals surface area contributed by atoms with Gasteiger partial charge in [0.1, 0.15) is 0 Å². The zero-order chi connectivity index (χ0) is 14.8. The molecule has 3 rings (SSSR count). The fraction of sp³-hybridized carbons (Fsp3) is 0.294. The molecule has 110 valence electrons. The highest BCUT2D eigenvalue weighted by atomic mass is 79.9. The van der Waals surface area contributed by atoms with Crippen LogP contribution in [0.4, 0.5) is 0 Å². The molecule has 2 atom stereocenters. The van der Waals surface area contributed by atoms with E-state index in [1.807, 2.05) is 18.2 Å². The lowest BCUT2D eigenvalue weighted by molar-refractivity contribution is 0.404. The molecule has 0 aliphatic carbocycles. The number of hydrogen-bond donors (Lipinski definition) is 1. The van der Waals surface area contributed by atoms with Gasteiger partial charge < -0.3 is 5.32 Å². The molecular formula is C17H16BrCl2N. The van der Waals surface area contributed by atoms with Gasteiger partial charge in [-0.2, -0.15) is 0 Å². The smallest absolute Gasteiger partial charge is 0.0442 e. The van der Waals surface area contributed by atoms with Gasteiger partial charge in [-0.05, 0) is 60.3 Å². The van der Waals surface area contributed by atoms with Crippen molar-refractivity contribution in [3.8, 4) is 0 Å². The third kappa shape index (κ3) is 3.45. The molecule has 0 aromatic heterocycles. The quantitative estimate of drug-likeness (QED) is 0.708. The third-order valence-electron chi connectivity index (χ3n) is 4.14. The lowest BCUT2D eigenvalue weighted by Crippen LogP contribution is -2.34. The molecule has 1 heterocycles. The molecule has 1 nitrogen and oxygen atoms in total. The highest BCUT2D eigenvalue weighted by Gasteiger charge is 2.29. The summed E-state index contributed by atoms with van der Waals surface area (Å²) in [7, 11) is 0. The van der Waals surface area contributed by atoms with Crippen molar-refractivity contribution < 1.29 is 0 Å². The molecule has 0 amide bonds. The summed E-state index contributed by atoms with van der Waals surface area (Å²) in [6.07, 6.45) is 1.07. The lowest BCUT2D eigenvalue weighted by atomic mass is 9.77. The molecule has 1 aliphatic heterocycles. The van der Waals surface area contributed by atoms with Gasteiger partial charge in [0, 0.05) is 27.0 Å². The average molecular weight is 385 g/mol. The second-order valence-electron chi connectivity index (χ2n) is 5.42. The summed E-state index contributed by atoms with van der Waals surface area (Å²) in [6, 6.07) is 14.3. The zero-order valence-corrected chi connectivity index (χ0v) is 14.5. The predicted octanol–water partition coefficient (Wildman–Crippen LogP) is 5.62. The Morgan fingerprint density at radius 1 is 1.00 bits per heavy atom. The van der Waals surface area contributed by atoms with E-state index in [2.05, 4.69) is 45.5 Å². The Morgan fingerprint density at radius 3 is 2.52 bits per heavy atom. The van der Waals surface area contributed by atoms with E-state index in [0.717, 1.165) is 34.0 Å². The van der Waals surface area contributed by atoms with Gasteiger partial charge in [-0.25, -0.2) is 0 Å². The minimum Gasteiger partial charge on any atom is -0.316 e. The minimum atomic E-state index is 0.402. The van der Waals surface area contributed by atoms with E-state index in [1.54, 1.807) is 0 Å². The number of rotatable bonds is 2. The molecule has 0 radical (unpaired) electrons. The molecule has 1 saturated heterocycles. The van der Waals surface area contributed by atoms with E-state index in [-0.39, 0.29) is 0 Å². The fourth-order valence-electron chi connectivity index (χ4n) is 3.09. The second-order valence-corrected chi connectivity index (χ2v) is 7.18. The van der Waals surface area contributed by atoms with Crippen molar-refractivity contribution in [1.29, 1.82) is 0 Å². The molecule has 0 saturated carbocycles. The van der Waals surface area contributed by atoms with E-state index in [4.69, 9.17) is 23.2 Å². The van der Waals surface area contributed by atoms with Crippen molar-refractivity contribution in [1.82, 2.24) is 5.32 Å². The number of piperidine rings is 1. The van der Waals surface area contributed by atoms with E-state index in [1.165, 1.54) is 11.1 Å². The van der Waals surface area contributed by atoms with Gasteiger partial charge >= 0.3 is 0 Å². The largest absolute Gasteiger partial charge is 0.316 e. The van der Waals surface area contributed by atoms with Crippen LogP contribution in [-0.2, 0) is 0 Å². The molecule has 21 heavy (non-hydrogen) atoms. The number of halogens is 3. The van der Waals surface area contributed by atoms with Gasteiger partial charge in [0.25, 0.3) is 0 Å². The summed E-state index contributed by atoms with van der Waals surface area (Å²) in [5.74, 6) is 0.821. The molecule has 0 bridgehead atoms. The zero-order valence-electron chi connectivity index (χ0n) is 11.5. The molecule has 1 N–H and O–H groups in total. The van der Waals surface area contributed by atoms with Crippen LogP contribution in [-0.4, -0.2) is 13.1 Å². The molecule has 2 aromatic rings. The van der Waals surface area contributed by atoms with Crippen LogP contribution in [0.3, 0.4) is 0 Å². The van der Waals surface area contributed by atoms with Crippen molar-refractivity contribution in [2.24, 2.45) is 0 Å². The first-order valence-electron chi connectivity index (χ1n) is 7.06. The van der Waals surface area contributed by atoms with Gasteiger partial charge in [0.2, 0.25) is 0 Å². The molecule has 1 fully saturated rings. The van der Waals surface area contributed by atoms with Crippen molar-refractivity contribution in [3.05, 3.63) is 68.1 Å². The van der Waals surface area contributed by atoms with E-state index >= 15 is 0 Å². The van der Waals surface area contributed by atoms with Gasteiger partial charge in [0.15, 0.2) is 0 Å². The molecule has 2 aromatic carbocycles. The molecular weight excluding hydrogens is 369 g/mol. The van der Waals surface area contributed by atoms with Crippen molar-refractivity contribution in [2.45, 2.75) is 18.3 Å². The summed E-state index contributed by atoms with van der Waals surface area (Å²) in [5, 5.41) is 5.06. The van der Waals surface area contributed by atoms with Crippen LogP contribution in [0.25, 0.3) is 0 Å². The standard InChI is InChI=1S/C17H16BrCl2N/c18-12-3-1-11(2-4-12)16-10-21-8-7-14(16)15-9-13(19)5-6-17(15)20/h1-6,9,14,16,21H,7-8,10H2. The van der Waals surface area contributed by atoms with Gasteiger partial charge in [0.05, 0.1) is 0 Å². The first kappa shape index (κ1) is 15.4. The van der Waals surface area contributed by atoms with E-state index in [9.17, 15) is 0 Å². The normalized spacial score (nSPS) is 22.2. The topological polar surface area (TPSA) is 12.0 Å². The minimum absolute atomic E-state index is 0.402. The van der Waals surface area contributed by atoms with Crippen molar-refractivity contribution >= 4 is 39.1 Å². The average Bonchev–Trinajstić information content (AvgIpc) is 2.51. The Balaban J connectivity index is 1.98. The Labute approximate surface area is 143 Å². The van der Waals surface area contributed by atoms with Crippen LogP contribution in [0.15, 0.2) is 46.9 Å². The third-order valence-corrected chi connectivity index (χ3v) is 5.25. The molecule has 2 unspecified atom stereocenters. The Morgan fingerprint density at radius 2 is 1.76 bits per heavy atom. The first-order valence-corrected chi connectivity index (χ1v) is 8.61. The van der Waals surface area contributed by atoms with E-state index in [0.29, 0.717) is 11.8 Å². The molecule has 0 spiro atoms. The maximum atomic E-state index is 6.42. The summed E-state index contributed by atoms with van der Waals surface area (Å²) < 4.78 is 1.10.